The van der Waals surface area contributed by atoms with Crippen molar-refractivity contribution in [2.24, 2.45) is 0 Å². The van der Waals surface area contributed by atoms with Crippen molar-refractivity contribution in [2.75, 3.05) is 13.1 Å². The first-order chi connectivity index (χ1) is 7.56. The van der Waals surface area contributed by atoms with Crippen molar-refractivity contribution in [3.8, 4) is 0 Å². The van der Waals surface area contributed by atoms with Crippen LogP contribution in [-0.2, 0) is 5.60 Å². The fraction of sp³-hybridized carbons (Fsp3) is 0.571. The molecule has 0 amide bonds. The summed E-state index contributed by atoms with van der Waals surface area (Å²) >= 11 is 0. The Morgan fingerprint density at radius 2 is 2.06 bits per heavy atom. The first kappa shape index (κ1) is 13.2. The number of nitrogens with one attached hydrogen (secondary N) is 1. The molecule has 0 saturated heterocycles. The van der Waals surface area contributed by atoms with Crippen LogP contribution in [0, 0.1) is 6.92 Å². The molecule has 0 fully saturated rings. The third-order valence-electron chi connectivity index (χ3n) is 2.86. The van der Waals surface area contributed by atoms with Crippen molar-refractivity contribution in [2.45, 2.75) is 39.2 Å². The van der Waals surface area contributed by atoms with Gasteiger partial charge in [0, 0.05) is 0 Å². The highest BCUT2D eigenvalue weighted by Gasteiger charge is 2.22. The van der Waals surface area contributed by atoms with Crippen molar-refractivity contribution in [3.63, 3.8) is 0 Å². The van der Waals surface area contributed by atoms with E-state index in [0.717, 1.165) is 31.5 Å². The Kier molecular flexibility index (Phi) is 4.97. The lowest BCUT2D eigenvalue weighted by molar-refractivity contribution is 0.0480. The normalized spacial score (nSPS) is 14.8. The third kappa shape index (κ3) is 3.95. The predicted molar refractivity (Wildman–Crippen MR) is 68.5 cm³/mol. The minimum Gasteiger partial charge on any atom is -0.385 e. The van der Waals surface area contributed by atoms with Crippen molar-refractivity contribution in [3.05, 3.63) is 35.4 Å². The molecular formula is C14H23NO. The maximum Gasteiger partial charge on any atom is 0.0880 e. The fourth-order valence-corrected chi connectivity index (χ4v) is 1.76. The summed E-state index contributed by atoms with van der Waals surface area (Å²) in [5, 5.41) is 13.7. The van der Waals surface area contributed by atoms with Crippen LogP contribution >= 0.6 is 0 Å². The van der Waals surface area contributed by atoms with Crippen molar-refractivity contribution >= 4 is 0 Å². The summed E-state index contributed by atoms with van der Waals surface area (Å²) in [5.74, 6) is 0. The van der Waals surface area contributed by atoms with E-state index in [2.05, 4.69) is 31.3 Å². The average Bonchev–Trinajstić information content (AvgIpc) is 2.24. The number of aryl methyl sites for hydroxylation is 1. The molecule has 0 aliphatic carbocycles. The Morgan fingerprint density at radius 1 is 1.31 bits per heavy atom. The molecule has 2 heteroatoms. The van der Waals surface area contributed by atoms with Gasteiger partial charge in [0.15, 0.2) is 0 Å². The van der Waals surface area contributed by atoms with Gasteiger partial charge in [0.1, 0.15) is 0 Å². The van der Waals surface area contributed by atoms with E-state index < -0.39 is 5.60 Å². The molecule has 0 aliphatic rings. The molecule has 90 valence electrons. The van der Waals surface area contributed by atoms with E-state index in [1.807, 2.05) is 19.1 Å². The second-order valence-corrected chi connectivity index (χ2v) is 4.64. The van der Waals surface area contributed by atoms with Gasteiger partial charge in [-0.1, -0.05) is 36.8 Å². The number of aliphatic hydroxyl groups is 1. The Morgan fingerprint density at radius 3 is 2.69 bits per heavy atom. The van der Waals surface area contributed by atoms with E-state index in [1.54, 1.807) is 0 Å². The molecule has 0 heterocycles. The molecule has 0 aliphatic heterocycles. The van der Waals surface area contributed by atoms with Gasteiger partial charge in [-0.2, -0.15) is 0 Å². The minimum atomic E-state index is -0.729. The topological polar surface area (TPSA) is 32.3 Å². The zero-order valence-electron chi connectivity index (χ0n) is 10.6. The quantitative estimate of drug-likeness (QED) is 0.724. The molecule has 1 atom stereocenters. The summed E-state index contributed by atoms with van der Waals surface area (Å²) < 4.78 is 0. The van der Waals surface area contributed by atoms with Gasteiger partial charge in [-0.15, -0.1) is 0 Å². The molecular weight excluding hydrogens is 198 g/mol. The van der Waals surface area contributed by atoms with Gasteiger partial charge >= 0.3 is 0 Å². The summed E-state index contributed by atoms with van der Waals surface area (Å²) in [7, 11) is 0. The summed E-state index contributed by atoms with van der Waals surface area (Å²) in [6.45, 7) is 7.95. The van der Waals surface area contributed by atoms with Crippen LogP contribution in [0.1, 0.15) is 37.8 Å². The Bertz CT molecular complexity index is 320. The number of hydrogen-bond acceptors (Lipinski definition) is 2. The van der Waals surface area contributed by atoms with Crippen LogP contribution < -0.4 is 5.32 Å². The molecule has 1 aromatic carbocycles. The molecule has 0 spiro atoms. The molecule has 0 saturated carbocycles. The summed E-state index contributed by atoms with van der Waals surface area (Å²) in [4.78, 5) is 0. The lowest BCUT2D eigenvalue weighted by Gasteiger charge is -2.24. The highest BCUT2D eigenvalue weighted by atomic mass is 16.3. The van der Waals surface area contributed by atoms with Gasteiger partial charge in [-0.25, -0.2) is 0 Å². The van der Waals surface area contributed by atoms with Gasteiger partial charge in [0.25, 0.3) is 0 Å². The van der Waals surface area contributed by atoms with E-state index in [4.69, 9.17) is 0 Å². The molecule has 0 aromatic heterocycles. The lowest BCUT2D eigenvalue weighted by Crippen LogP contribution is -2.28. The van der Waals surface area contributed by atoms with Crippen LogP contribution in [0.5, 0.6) is 0 Å². The van der Waals surface area contributed by atoms with Crippen LogP contribution in [0.15, 0.2) is 24.3 Å². The molecule has 2 N–H and O–H groups in total. The highest BCUT2D eigenvalue weighted by Crippen LogP contribution is 2.24. The fourth-order valence-electron chi connectivity index (χ4n) is 1.76. The average molecular weight is 221 g/mol. The zero-order chi connectivity index (χ0) is 12.0. The van der Waals surface area contributed by atoms with Crippen LogP contribution in [0.2, 0.25) is 0 Å². The van der Waals surface area contributed by atoms with Crippen LogP contribution in [0.4, 0.5) is 0 Å². The lowest BCUT2D eigenvalue weighted by atomic mass is 9.91. The Hall–Kier alpha value is -0.860. The Labute approximate surface area is 98.7 Å². The van der Waals surface area contributed by atoms with Gasteiger partial charge in [0.05, 0.1) is 5.60 Å². The van der Waals surface area contributed by atoms with Gasteiger partial charge in [0.2, 0.25) is 0 Å². The molecule has 1 unspecified atom stereocenters. The summed E-state index contributed by atoms with van der Waals surface area (Å²) in [6.07, 6.45) is 1.88. The maximum absolute atomic E-state index is 10.4. The van der Waals surface area contributed by atoms with E-state index in [-0.39, 0.29) is 0 Å². The highest BCUT2D eigenvalue weighted by molar-refractivity contribution is 5.26. The number of rotatable bonds is 6. The standard InChI is InChI=1S/C14H23NO/c1-4-9-15-10-8-14(3,16)13-7-5-6-12(2)11-13/h5-7,11,15-16H,4,8-10H2,1-3H3. The maximum atomic E-state index is 10.4. The smallest absolute Gasteiger partial charge is 0.0880 e. The van der Waals surface area contributed by atoms with Crippen LogP contribution in [-0.4, -0.2) is 18.2 Å². The molecule has 1 aromatic rings. The molecule has 0 bridgehead atoms. The van der Waals surface area contributed by atoms with E-state index in [9.17, 15) is 5.11 Å². The van der Waals surface area contributed by atoms with Gasteiger partial charge < -0.3 is 10.4 Å². The molecule has 1 rings (SSSR count). The number of benzene rings is 1. The first-order valence-electron chi connectivity index (χ1n) is 6.06. The van der Waals surface area contributed by atoms with E-state index in [0.29, 0.717) is 0 Å². The Balaban J connectivity index is 2.55. The molecule has 16 heavy (non-hydrogen) atoms. The van der Waals surface area contributed by atoms with Crippen LogP contribution in [0.25, 0.3) is 0 Å². The second-order valence-electron chi connectivity index (χ2n) is 4.64. The van der Waals surface area contributed by atoms with E-state index >= 15 is 0 Å². The van der Waals surface area contributed by atoms with Crippen LogP contribution in [0.3, 0.4) is 0 Å². The SMILES string of the molecule is CCCNCCC(C)(O)c1cccc(C)c1. The largest absolute Gasteiger partial charge is 0.385 e. The molecule has 0 radical (unpaired) electrons. The summed E-state index contributed by atoms with van der Waals surface area (Å²) in [6, 6.07) is 8.10. The first-order valence-corrected chi connectivity index (χ1v) is 6.06. The minimum absolute atomic E-state index is 0.729. The second kappa shape index (κ2) is 6.02. The van der Waals surface area contributed by atoms with E-state index in [1.165, 1.54) is 5.56 Å². The summed E-state index contributed by atoms with van der Waals surface area (Å²) in [5.41, 5.74) is 1.47. The van der Waals surface area contributed by atoms with Crippen molar-refractivity contribution in [1.82, 2.24) is 5.32 Å². The van der Waals surface area contributed by atoms with Gasteiger partial charge in [-0.05, 0) is 45.3 Å². The monoisotopic (exact) mass is 221 g/mol. The third-order valence-corrected chi connectivity index (χ3v) is 2.86. The van der Waals surface area contributed by atoms with Crippen molar-refractivity contribution in [1.29, 1.82) is 0 Å². The number of hydrogen-bond donors (Lipinski definition) is 2. The molecule has 2 nitrogen and oxygen atoms in total. The van der Waals surface area contributed by atoms with Crippen molar-refractivity contribution < 1.29 is 5.11 Å². The van der Waals surface area contributed by atoms with Gasteiger partial charge in [-0.3, -0.25) is 0 Å². The predicted octanol–water partition coefficient (Wildman–Crippen LogP) is 2.59. The zero-order valence-corrected chi connectivity index (χ0v) is 10.6.